The van der Waals surface area contributed by atoms with E-state index in [-0.39, 0.29) is 12.5 Å². The predicted octanol–water partition coefficient (Wildman–Crippen LogP) is 4.50. The number of benzene rings is 2. The van der Waals surface area contributed by atoms with Crippen molar-refractivity contribution >= 4 is 22.6 Å². The number of hydrogen-bond donors (Lipinski definition) is 1. The van der Waals surface area contributed by atoms with Crippen LogP contribution in [0.1, 0.15) is 37.6 Å². The molecule has 1 heterocycles. The van der Waals surface area contributed by atoms with Crippen molar-refractivity contribution in [3.63, 3.8) is 0 Å². The van der Waals surface area contributed by atoms with Gasteiger partial charge in [-0.05, 0) is 43.0 Å². The molecule has 1 N–H and O–H groups in total. The molecular formula is C20H23N3O. The summed E-state index contributed by atoms with van der Waals surface area (Å²) >= 11 is 0. The number of anilines is 1. The average molecular weight is 321 g/mol. The first-order valence-electron chi connectivity index (χ1n) is 8.40. The van der Waals surface area contributed by atoms with Crippen LogP contribution in [-0.4, -0.2) is 15.5 Å². The Labute approximate surface area is 142 Å². The van der Waals surface area contributed by atoms with Gasteiger partial charge in [0.25, 0.3) is 0 Å². The first-order chi connectivity index (χ1) is 11.6. The molecule has 0 radical (unpaired) electrons. The molecule has 1 aromatic heterocycles. The summed E-state index contributed by atoms with van der Waals surface area (Å²) in [6.45, 7) is 6.53. The van der Waals surface area contributed by atoms with E-state index in [4.69, 9.17) is 0 Å². The molecule has 0 unspecified atom stereocenters. The lowest BCUT2D eigenvalue weighted by atomic mass is 9.97. The van der Waals surface area contributed by atoms with Crippen molar-refractivity contribution in [3.8, 4) is 0 Å². The highest BCUT2D eigenvalue weighted by atomic mass is 16.1. The second-order valence-corrected chi connectivity index (χ2v) is 6.18. The maximum atomic E-state index is 12.6. The van der Waals surface area contributed by atoms with E-state index in [1.165, 1.54) is 5.56 Å². The Morgan fingerprint density at radius 1 is 1.17 bits per heavy atom. The van der Waals surface area contributed by atoms with Crippen LogP contribution in [0, 0.1) is 6.92 Å². The summed E-state index contributed by atoms with van der Waals surface area (Å²) < 4.78 is 1.95. The first-order valence-corrected chi connectivity index (χ1v) is 8.40. The van der Waals surface area contributed by atoms with Gasteiger partial charge in [0.15, 0.2) is 0 Å². The number of nitrogens with one attached hydrogen (secondary N) is 1. The summed E-state index contributed by atoms with van der Waals surface area (Å²) in [5, 5.41) is 3.07. The summed E-state index contributed by atoms with van der Waals surface area (Å²) in [7, 11) is 0. The SMILES string of the molecule is CC[C@@H](C)c1ccccc1NC(=O)Cn1c(C)nc2ccccc21. The summed E-state index contributed by atoms with van der Waals surface area (Å²) in [6.07, 6.45) is 1.04. The Hall–Kier alpha value is -2.62. The highest BCUT2D eigenvalue weighted by Crippen LogP contribution is 2.26. The molecular weight excluding hydrogens is 298 g/mol. The van der Waals surface area contributed by atoms with E-state index in [9.17, 15) is 4.79 Å². The van der Waals surface area contributed by atoms with E-state index in [2.05, 4.69) is 30.2 Å². The minimum Gasteiger partial charge on any atom is -0.324 e. The van der Waals surface area contributed by atoms with Crippen molar-refractivity contribution in [2.24, 2.45) is 0 Å². The minimum absolute atomic E-state index is 0.0305. The van der Waals surface area contributed by atoms with Crippen LogP contribution in [0.3, 0.4) is 0 Å². The van der Waals surface area contributed by atoms with Crippen LogP contribution < -0.4 is 5.32 Å². The van der Waals surface area contributed by atoms with Gasteiger partial charge in [-0.2, -0.15) is 0 Å². The minimum atomic E-state index is -0.0305. The Balaban J connectivity index is 1.82. The fourth-order valence-corrected chi connectivity index (χ4v) is 2.99. The van der Waals surface area contributed by atoms with Gasteiger partial charge in [0.2, 0.25) is 5.91 Å². The quantitative estimate of drug-likeness (QED) is 0.752. The van der Waals surface area contributed by atoms with Crippen molar-refractivity contribution in [2.75, 3.05) is 5.32 Å². The van der Waals surface area contributed by atoms with Gasteiger partial charge in [-0.1, -0.05) is 44.2 Å². The van der Waals surface area contributed by atoms with Crippen LogP contribution in [0.2, 0.25) is 0 Å². The smallest absolute Gasteiger partial charge is 0.244 e. The zero-order chi connectivity index (χ0) is 17.1. The van der Waals surface area contributed by atoms with E-state index < -0.39 is 0 Å². The molecule has 0 aliphatic heterocycles. The number of rotatable bonds is 5. The van der Waals surface area contributed by atoms with Gasteiger partial charge in [-0.15, -0.1) is 0 Å². The molecule has 3 aromatic rings. The Morgan fingerprint density at radius 2 is 1.88 bits per heavy atom. The van der Waals surface area contributed by atoms with Gasteiger partial charge in [0, 0.05) is 5.69 Å². The zero-order valence-electron chi connectivity index (χ0n) is 14.4. The van der Waals surface area contributed by atoms with Crippen LogP contribution >= 0.6 is 0 Å². The van der Waals surface area contributed by atoms with Crippen LogP contribution in [0.5, 0.6) is 0 Å². The number of para-hydroxylation sites is 3. The maximum absolute atomic E-state index is 12.6. The van der Waals surface area contributed by atoms with Gasteiger partial charge in [-0.3, -0.25) is 4.79 Å². The second kappa shape index (κ2) is 6.87. The standard InChI is InChI=1S/C20H23N3O/c1-4-14(2)16-9-5-6-10-17(16)22-20(24)13-23-15(3)21-18-11-7-8-12-19(18)23/h5-12,14H,4,13H2,1-3H3,(H,22,24)/t14-/m1/s1. The van der Waals surface area contributed by atoms with Gasteiger partial charge in [-0.25, -0.2) is 4.98 Å². The predicted molar refractivity (Wildman–Crippen MR) is 98.2 cm³/mol. The van der Waals surface area contributed by atoms with Crippen molar-refractivity contribution in [2.45, 2.75) is 39.7 Å². The summed E-state index contributed by atoms with van der Waals surface area (Å²) in [5.41, 5.74) is 3.99. The van der Waals surface area contributed by atoms with Crippen LogP contribution in [-0.2, 0) is 11.3 Å². The van der Waals surface area contributed by atoms with E-state index in [1.54, 1.807) is 0 Å². The van der Waals surface area contributed by atoms with Crippen LogP contribution in [0.15, 0.2) is 48.5 Å². The number of aromatic nitrogens is 2. The number of nitrogens with zero attached hydrogens (tertiary/aromatic N) is 2. The highest BCUT2D eigenvalue weighted by molar-refractivity contribution is 5.92. The molecule has 1 amide bonds. The molecule has 3 rings (SSSR count). The monoisotopic (exact) mass is 321 g/mol. The third-order valence-electron chi connectivity index (χ3n) is 4.53. The molecule has 2 aromatic carbocycles. The highest BCUT2D eigenvalue weighted by Gasteiger charge is 2.14. The number of fused-ring (bicyclic) bond motifs is 1. The molecule has 0 aliphatic rings. The van der Waals surface area contributed by atoms with E-state index >= 15 is 0 Å². The molecule has 1 atom stereocenters. The fraction of sp³-hybridized carbons (Fsp3) is 0.300. The summed E-state index contributed by atoms with van der Waals surface area (Å²) in [4.78, 5) is 17.1. The van der Waals surface area contributed by atoms with Gasteiger partial charge >= 0.3 is 0 Å². The number of hydrogen-bond acceptors (Lipinski definition) is 2. The normalized spacial score (nSPS) is 12.3. The molecule has 0 fully saturated rings. The lowest BCUT2D eigenvalue weighted by Gasteiger charge is -2.16. The number of aryl methyl sites for hydroxylation is 1. The maximum Gasteiger partial charge on any atom is 0.244 e. The van der Waals surface area contributed by atoms with E-state index in [0.29, 0.717) is 5.92 Å². The zero-order valence-corrected chi connectivity index (χ0v) is 14.4. The lowest BCUT2D eigenvalue weighted by molar-refractivity contribution is -0.116. The molecule has 0 aliphatic carbocycles. The van der Waals surface area contributed by atoms with Gasteiger partial charge in [0.1, 0.15) is 12.4 Å². The Kier molecular flexibility index (Phi) is 4.65. The van der Waals surface area contributed by atoms with Crippen molar-refractivity contribution in [3.05, 3.63) is 59.9 Å². The molecule has 124 valence electrons. The molecule has 0 bridgehead atoms. The second-order valence-electron chi connectivity index (χ2n) is 6.18. The molecule has 4 nitrogen and oxygen atoms in total. The van der Waals surface area contributed by atoms with Crippen LogP contribution in [0.4, 0.5) is 5.69 Å². The Bertz CT molecular complexity index is 866. The molecule has 0 spiro atoms. The van der Waals surface area contributed by atoms with E-state index in [1.807, 2.05) is 54.0 Å². The number of amides is 1. The van der Waals surface area contributed by atoms with E-state index in [0.717, 1.165) is 29.0 Å². The molecule has 0 saturated carbocycles. The first kappa shape index (κ1) is 16.2. The number of carbonyl (C=O) groups is 1. The molecule has 4 heteroatoms. The largest absolute Gasteiger partial charge is 0.324 e. The van der Waals surface area contributed by atoms with Gasteiger partial charge in [0.05, 0.1) is 11.0 Å². The third kappa shape index (κ3) is 3.18. The van der Waals surface area contributed by atoms with Gasteiger partial charge < -0.3 is 9.88 Å². The summed E-state index contributed by atoms with van der Waals surface area (Å²) in [5.74, 6) is 1.23. The fourth-order valence-electron chi connectivity index (χ4n) is 2.99. The number of imidazole rings is 1. The number of carbonyl (C=O) groups excluding carboxylic acids is 1. The van der Waals surface area contributed by atoms with Crippen molar-refractivity contribution in [1.29, 1.82) is 0 Å². The Morgan fingerprint density at radius 3 is 2.67 bits per heavy atom. The van der Waals surface area contributed by atoms with Crippen molar-refractivity contribution < 1.29 is 4.79 Å². The van der Waals surface area contributed by atoms with Crippen LogP contribution in [0.25, 0.3) is 11.0 Å². The third-order valence-corrected chi connectivity index (χ3v) is 4.53. The lowest BCUT2D eigenvalue weighted by Crippen LogP contribution is -2.20. The topological polar surface area (TPSA) is 46.9 Å². The molecule has 24 heavy (non-hydrogen) atoms. The molecule has 0 saturated heterocycles. The summed E-state index contributed by atoms with van der Waals surface area (Å²) in [6, 6.07) is 15.9. The van der Waals surface area contributed by atoms with Crippen molar-refractivity contribution in [1.82, 2.24) is 9.55 Å². The average Bonchev–Trinajstić information content (AvgIpc) is 2.90.